The zero-order valence-corrected chi connectivity index (χ0v) is 13.0. The van der Waals surface area contributed by atoms with E-state index in [2.05, 4.69) is 0 Å². The van der Waals surface area contributed by atoms with Gasteiger partial charge >= 0.3 is 131 Å². The molecule has 0 fully saturated rings. The van der Waals surface area contributed by atoms with E-state index in [0.29, 0.717) is 8.92 Å². The van der Waals surface area contributed by atoms with E-state index < -0.39 is 26.7 Å². The monoisotopic (exact) mass is 368 g/mol. The van der Waals surface area contributed by atoms with E-state index in [1.165, 1.54) is 6.07 Å². The number of hydrogen-bond acceptors (Lipinski definition) is 1. The third-order valence-electron chi connectivity index (χ3n) is 3.24. The van der Waals surface area contributed by atoms with Crippen LogP contribution in [-0.4, -0.2) is 20.1 Å². The van der Waals surface area contributed by atoms with Crippen molar-refractivity contribution in [2.24, 2.45) is 0 Å². The van der Waals surface area contributed by atoms with Crippen LogP contribution < -0.4 is 8.92 Å². The Morgan fingerprint density at radius 2 is 1.64 bits per heavy atom. The summed E-state index contributed by atoms with van der Waals surface area (Å²) in [5, 5.41) is 11.9. The molecule has 0 amide bonds. The topological polar surface area (TPSA) is 20.2 Å². The van der Waals surface area contributed by atoms with Crippen molar-refractivity contribution in [1.29, 1.82) is 0 Å². The van der Waals surface area contributed by atoms with E-state index >= 15 is 0 Å². The fraction of sp³-hybridized carbons (Fsp3) is 0.0588. The molecule has 0 aliphatic carbocycles. The molecule has 0 radical (unpaired) electrons. The first-order valence-corrected chi connectivity index (χ1v) is 8.22. The number of rotatable bonds is 2. The van der Waals surface area contributed by atoms with E-state index in [1.807, 2.05) is 24.3 Å². The summed E-state index contributed by atoms with van der Waals surface area (Å²) in [6.07, 6.45) is -4.35. The maximum absolute atomic E-state index is 12.8. The Morgan fingerprint density at radius 3 is 2.41 bits per heavy atom. The van der Waals surface area contributed by atoms with Crippen molar-refractivity contribution in [3.8, 4) is 5.75 Å². The van der Waals surface area contributed by atoms with Gasteiger partial charge in [-0.25, -0.2) is 0 Å². The summed E-state index contributed by atoms with van der Waals surface area (Å²) < 4.78 is 39.7. The summed E-state index contributed by atoms with van der Waals surface area (Å²) in [4.78, 5) is 0. The van der Waals surface area contributed by atoms with Crippen molar-refractivity contribution in [3.63, 3.8) is 0 Å². The molecule has 112 valence electrons. The molecule has 22 heavy (non-hydrogen) atoms. The van der Waals surface area contributed by atoms with Crippen LogP contribution in [0.15, 0.2) is 60.7 Å². The molecular weight excluding hydrogens is 356 g/mol. The van der Waals surface area contributed by atoms with Crippen molar-refractivity contribution >= 4 is 34.7 Å². The van der Waals surface area contributed by atoms with Gasteiger partial charge < -0.3 is 0 Å². The molecule has 0 aromatic heterocycles. The van der Waals surface area contributed by atoms with Gasteiger partial charge in [-0.1, -0.05) is 0 Å². The molecule has 0 unspecified atom stereocenters. The maximum atomic E-state index is 12.8. The summed E-state index contributed by atoms with van der Waals surface area (Å²) in [5.41, 5.74) is -0.661. The summed E-state index contributed by atoms with van der Waals surface area (Å²) >= 11 is -0.411. The van der Waals surface area contributed by atoms with Crippen LogP contribution in [0.2, 0.25) is 0 Å². The Morgan fingerprint density at radius 1 is 0.864 bits per heavy atom. The molecule has 0 heterocycles. The molecular formula is C17H11F3OSe. The predicted molar refractivity (Wildman–Crippen MR) is 82.1 cm³/mol. The fourth-order valence-electron chi connectivity index (χ4n) is 2.19. The van der Waals surface area contributed by atoms with Gasteiger partial charge in [0.1, 0.15) is 0 Å². The second-order valence-corrected chi connectivity index (χ2v) is 7.04. The molecule has 5 heteroatoms. The second kappa shape index (κ2) is 5.67. The quantitative estimate of drug-likeness (QED) is 0.690. The average Bonchev–Trinajstić information content (AvgIpc) is 2.50. The standard InChI is InChI=1S/C17H11F3OSe/c18-17(19,20)12-5-3-6-13(10-12)22-16-14-7-2-1-4-11(14)8-9-15(16)21/h1-10,21H. The Kier molecular flexibility index (Phi) is 3.85. The molecule has 0 saturated carbocycles. The van der Waals surface area contributed by atoms with Crippen molar-refractivity contribution in [2.45, 2.75) is 6.18 Å². The number of fused-ring (bicyclic) bond motifs is 1. The van der Waals surface area contributed by atoms with Crippen LogP contribution in [0.1, 0.15) is 5.56 Å². The predicted octanol–water partition coefficient (Wildman–Crippen LogP) is 3.22. The number of phenols is 1. The first kappa shape index (κ1) is 14.9. The molecule has 0 atom stereocenters. The van der Waals surface area contributed by atoms with Gasteiger partial charge in [-0.2, -0.15) is 0 Å². The van der Waals surface area contributed by atoms with Crippen molar-refractivity contribution in [2.75, 3.05) is 0 Å². The van der Waals surface area contributed by atoms with Crippen LogP contribution in [0.5, 0.6) is 5.75 Å². The van der Waals surface area contributed by atoms with Gasteiger partial charge in [0.15, 0.2) is 0 Å². The molecule has 0 saturated heterocycles. The third-order valence-corrected chi connectivity index (χ3v) is 5.60. The molecule has 0 spiro atoms. The zero-order chi connectivity index (χ0) is 15.7. The molecule has 3 aromatic carbocycles. The van der Waals surface area contributed by atoms with Crippen LogP contribution in [0, 0.1) is 0 Å². The SMILES string of the molecule is Oc1ccc2ccccc2c1[Se]c1cccc(C(F)(F)F)c1. The molecule has 1 N–H and O–H groups in total. The number of benzene rings is 3. The van der Waals surface area contributed by atoms with Gasteiger partial charge in [0.25, 0.3) is 0 Å². The van der Waals surface area contributed by atoms with Crippen LogP contribution in [0.25, 0.3) is 10.8 Å². The number of halogens is 3. The van der Waals surface area contributed by atoms with Gasteiger partial charge in [0.2, 0.25) is 0 Å². The Balaban J connectivity index is 2.06. The fourth-order valence-corrected chi connectivity index (χ4v) is 4.37. The van der Waals surface area contributed by atoms with Gasteiger partial charge in [-0.05, 0) is 0 Å². The first-order chi connectivity index (χ1) is 10.4. The van der Waals surface area contributed by atoms with E-state index in [1.54, 1.807) is 18.2 Å². The first-order valence-electron chi connectivity index (χ1n) is 6.51. The van der Waals surface area contributed by atoms with Gasteiger partial charge in [0, 0.05) is 0 Å². The number of phenolic OH excluding ortho intramolecular Hbond substituents is 1. The minimum absolute atomic E-state index is 0.121. The van der Waals surface area contributed by atoms with Crippen LogP contribution in [-0.2, 0) is 6.18 Å². The third kappa shape index (κ3) is 2.96. The molecule has 3 rings (SSSR count). The van der Waals surface area contributed by atoms with E-state index in [0.717, 1.165) is 22.9 Å². The van der Waals surface area contributed by atoms with Crippen LogP contribution in [0.4, 0.5) is 13.2 Å². The van der Waals surface area contributed by atoms with Crippen molar-refractivity contribution in [3.05, 3.63) is 66.2 Å². The van der Waals surface area contributed by atoms with Crippen molar-refractivity contribution in [1.82, 2.24) is 0 Å². The Bertz CT molecular complexity index is 827. The van der Waals surface area contributed by atoms with Crippen molar-refractivity contribution < 1.29 is 18.3 Å². The summed E-state index contributed by atoms with van der Waals surface area (Å²) in [5.74, 6) is 0.121. The van der Waals surface area contributed by atoms with E-state index in [9.17, 15) is 18.3 Å². The number of hydrogen-bond donors (Lipinski definition) is 1. The molecule has 0 bridgehead atoms. The summed E-state index contributed by atoms with van der Waals surface area (Å²) in [7, 11) is 0. The molecule has 0 aliphatic rings. The molecule has 3 aromatic rings. The number of alkyl halides is 3. The minimum atomic E-state index is -4.35. The van der Waals surface area contributed by atoms with E-state index in [-0.39, 0.29) is 5.75 Å². The second-order valence-electron chi connectivity index (χ2n) is 4.76. The van der Waals surface area contributed by atoms with Gasteiger partial charge in [-0.15, -0.1) is 0 Å². The number of aromatic hydroxyl groups is 1. The zero-order valence-electron chi connectivity index (χ0n) is 11.3. The average molecular weight is 367 g/mol. The van der Waals surface area contributed by atoms with Crippen LogP contribution in [0.3, 0.4) is 0 Å². The normalized spacial score (nSPS) is 11.8. The van der Waals surface area contributed by atoms with Gasteiger partial charge in [0.05, 0.1) is 0 Å². The van der Waals surface area contributed by atoms with E-state index in [4.69, 9.17) is 0 Å². The Hall–Kier alpha value is -1.97. The molecule has 0 aliphatic heterocycles. The van der Waals surface area contributed by atoms with Crippen LogP contribution >= 0.6 is 0 Å². The summed E-state index contributed by atoms with van der Waals surface area (Å²) in [6, 6.07) is 16.2. The molecule has 1 nitrogen and oxygen atoms in total. The Labute approximate surface area is 131 Å². The summed E-state index contributed by atoms with van der Waals surface area (Å²) in [6.45, 7) is 0. The van der Waals surface area contributed by atoms with Gasteiger partial charge in [-0.3, -0.25) is 0 Å².